The van der Waals surface area contributed by atoms with Crippen LogP contribution >= 0.6 is 0 Å². The molecule has 0 radical (unpaired) electrons. The number of nitrogens with one attached hydrogen (secondary N) is 1. The number of methoxy groups -OCH3 is 1. The molecule has 1 N–H and O–H groups in total. The fourth-order valence-electron chi connectivity index (χ4n) is 4.30. The highest BCUT2D eigenvalue weighted by atomic mass is 16.7. The Labute approximate surface area is 158 Å². The van der Waals surface area contributed by atoms with Crippen LogP contribution in [0.2, 0.25) is 0 Å². The fourth-order valence-corrected chi connectivity index (χ4v) is 4.30. The molecule has 1 fully saturated rings. The molecule has 1 aromatic carbocycles. The molecule has 2 aromatic rings. The molecule has 0 amide bonds. The van der Waals surface area contributed by atoms with Crippen molar-refractivity contribution in [3.05, 3.63) is 29.3 Å². The van der Waals surface area contributed by atoms with Crippen molar-refractivity contribution < 1.29 is 14.2 Å². The van der Waals surface area contributed by atoms with E-state index in [2.05, 4.69) is 37.1 Å². The van der Waals surface area contributed by atoms with Gasteiger partial charge >= 0.3 is 0 Å². The van der Waals surface area contributed by atoms with Gasteiger partial charge in [-0.15, -0.1) is 10.2 Å². The van der Waals surface area contributed by atoms with E-state index in [0.717, 1.165) is 69.4 Å². The molecule has 5 rings (SSSR count). The van der Waals surface area contributed by atoms with E-state index in [4.69, 9.17) is 14.2 Å². The molecule has 0 spiro atoms. The lowest BCUT2D eigenvalue weighted by Gasteiger charge is -2.32. The van der Waals surface area contributed by atoms with Crippen molar-refractivity contribution in [2.24, 2.45) is 0 Å². The van der Waals surface area contributed by atoms with Gasteiger partial charge in [0.1, 0.15) is 11.6 Å². The molecular formula is C19H25N5O3. The molecular weight excluding hydrogens is 346 g/mol. The molecule has 0 atom stereocenters. The van der Waals surface area contributed by atoms with Crippen molar-refractivity contribution in [1.29, 1.82) is 0 Å². The molecule has 144 valence electrons. The van der Waals surface area contributed by atoms with Crippen molar-refractivity contribution in [3.63, 3.8) is 0 Å². The van der Waals surface area contributed by atoms with E-state index < -0.39 is 0 Å². The van der Waals surface area contributed by atoms with E-state index in [0.29, 0.717) is 11.7 Å². The van der Waals surface area contributed by atoms with E-state index in [-0.39, 0.29) is 6.79 Å². The summed E-state index contributed by atoms with van der Waals surface area (Å²) in [6.45, 7) is 6.08. The van der Waals surface area contributed by atoms with Crippen LogP contribution in [-0.2, 0) is 19.6 Å². The van der Waals surface area contributed by atoms with Crippen molar-refractivity contribution in [1.82, 2.24) is 25.0 Å². The Balaban J connectivity index is 1.25. The predicted molar refractivity (Wildman–Crippen MR) is 98.1 cm³/mol. The molecule has 4 heterocycles. The molecule has 8 nitrogen and oxygen atoms in total. The summed E-state index contributed by atoms with van der Waals surface area (Å²) in [5.41, 5.74) is 1.19. The molecule has 1 aromatic heterocycles. The lowest BCUT2D eigenvalue weighted by molar-refractivity contribution is 0.171. The number of benzene rings is 1. The van der Waals surface area contributed by atoms with Gasteiger partial charge < -0.3 is 24.1 Å². The normalized spacial score (nSPS) is 19.9. The minimum atomic E-state index is 0.263. The van der Waals surface area contributed by atoms with Gasteiger partial charge in [0, 0.05) is 25.6 Å². The molecule has 27 heavy (non-hydrogen) atoms. The summed E-state index contributed by atoms with van der Waals surface area (Å²) in [7, 11) is 1.67. The number of piperidine rings is 1. The predicted octanol–water partition coefficient (Wildman–Crippen LogP) is 1.50. The highest BCUT2D eigenvalue weighted by Gasteiger charge is 2.27. The first-order chi connectivity index (χ1) is 13.3. The van der Waals surface area contributed by atoms with Crippen molar-refractivity contribution >= 4 is 0 Å². The van der Waals surface area contributed by atoms with Crippen molar-refractivity contribution in [3.8, 4) is 17.2 Å². The minimum absolute atomic E-state index is 0.263. The van der Waals surface area contributed by atoms with Crippen molar-refractivity contribution in [2.75, 3.05) is 33.5 Å². The number of fused-ring (bicyclic) bond motifs is 2. The van der Waals surface area contributed by atoms with Crippen molar-refractivity contribution in [2.45, 2.75) is 38.4 Å². The number of ether oxygens (including phenoxy) is 3. The molecule has 0 bridgehead atoms. The van der Waals surface area contributed by atoms with Gasteiger partial charge in [-0.3, -0.25) is 4.90 Å². The fraction of sp³-hybridized carbons (Fsp3) is 0.579. The lowest BCUT2D eigenvalue weighted by atomic mass is 9.95. The highest BCUT2D eigenvalue weighted by molar-refractivity contribution is 5.55. The van der Waals surface area contributed by atoms with E-state index in [1.54, 1.807) is 7.11 Å². The molecule has 0 aliphatic carbocycles. The number of hydrogen-bond donors (Lipinski definition) is 1. The summed E-state index contributed by atoms with van der Waals surface area (Å²) < 4.78 is 18.8. The molecule has 0 saturated carbocycles. The van der Waals surface area contributed by atoms with Gasteiger partial charge in [-0.05, 0) is 43.6 Å². The number of likely N-dealkylation sites (tertiary alicyclic amines) is 1. The summed E-state index contributed by atoms with van der Waals surface area (Å²) in [4.78, 5) is 2.49. The summed E-state index contributed by atoms with van der Waals surface area (Å²) in [6, 6.07) is 4.13. The Bertz CT molecular complexity index is 829. The maximum Gasteiger partial charge on any atom is 0.231 e. The van der Waals surface area contributed by atoms with Gasteiger partial charge in [-0.2, -0.15) is 0 Å². The van der Waals surface area contributed by atoms with Crippen LogP contribution in [-0.4, -0.2) is 53.2 Å². The Kier molecular flexibility index (Phi) is 4.37. The average molecular weight is 371 g/mol. The third kappa shape index (κ3) is 3.12. The number of hydrogen-bond acceptors (Lipinski definition) is 7. The minimum Gasteiger partial charge on any atom is -0.493 e. The molecule has 3 aliphatic rings. The van der Waals surface area contributed by atoms with Gasteiger partial charge in [0.2, 0.25) is 12.5 Å². The standard InChI is InChI=1S/C19H25N5O3/c1-25-15-8-13(9-16-18(15)27-12-26-16)11-23-5-2-14(3-6-23)19-22-21-17-10-20-4-7-24(17)19/h8-9,14,20H,2-7,10-12H2,1H3. The van der Waals surface area contributed by atoms with Crippen LogP contribution in [0, 0.1) is 0 Å². The maximum absolute atomic E-state index is 5.55. The third-order valence-corrected chi connectivity index (χ3v) is 5.73. The largest absolute Gasteiger partial charge is 0.493 e. The van der Waals surface area contributed by atoms with E-state index in [1.807, 2.05) is 0 Å². The van der Waals surface area contributed by atoms with Gasteiger partial charge in [-0.25, -0.2) is 0 Å². The Morgan fingerprint density at radius 1 is 1.19 bits per heavy atom. The monoisotopic (exact) mass is 371 g/mol. The lowest BCUT2D eigenvalue weighted by Crippen LogP contribution is -2.34. The number of nitrogens with zero attached hydrogens (tertiary/aromatic N) is 4. The van der Waals surface area contributed by atoms with E-state index >= 15 is 0 Å². The second-order valence-corrected chi connectivity index (χ2v) is 7.39. The number of rotatable bonds is 4. The second-order valence-electron chi connectivity index (χ2n) is 7.39. The quantitative estimate of drug-likeness (QED) is 0.873. The zero-order valence-electron chi connectivity index (χ0n) is 15.6. The molecule has 3 aliphatic heterocycles. The van der Waals surface area contributed by atoms with E-state index in [9.17, 15) is 0 Å². The average Bonchev–Trinajstić information content (AvgIpc) is 3.35. The Morgan fingerprint density at radius 2 is 2.07 bits per heavy atom. The second kappa shape index (κ2) is 7.01. The Hall–Kier alpha value is -2.32. The highest BCUT2D eigenvalue weighted by Crippen LogP contribution is 2.42. The SMILES string of the molecule is COc1cc(CN2CCC(c3nnc4n3CCNC4)CC2)cc2c1OCO2. The molecule has 8 heteroatoms. The van der Waals surface area contributed by atoms with Gasteiger partial charge in [0.15, 0.2) is 11.5 Å². The molecule has 0 unspecified atom stereocenters. The summed E-state index contributed by atoms with van der Waals surface area (Å²) in [5.74, 6) is 5.00. The summed E-state index contributed by atoms with van der Waals surface area (Å²) in [5, 5.41) is 12.2. The van der Waals surface area contributed by atoms with Crippen LogP contribution < -0.4 is 19.5 Å². The first kappa shape index (κ1) is 16.8. The third-order valence-electron chi connectivity index (χ3n) is 5.73. The first-order valence-corrected chi connectivity index (χ1v) is 9.63. The molecule has 1 saturated heterocycles. The zero-order valence-corrected chi connectivity index (χ0v) is 15.6. The van der Waals surface area contributed by atoms with E-state index in [1.165, 1.54) is 11.4 Å². The van der Waals surface area contributed by atoms with Crippen LogP contribution in [0.4, 0.5) is 0 Å². The van der Waals surface area contributed by atoms with Crippen LogP contribution in [0.3, 0.4) is 0 Å². The van der Waals surface area contributed by atoms with Crippen LogP contribution in [0.25, 0.3) is 0 Å². The topological polar surface area (TPSA) is 73.7 Å². The zero-order chi connectivity index (χ0) is 18.2. The Morgan fingerprint density at radius 3 is 2.93 bits per heavy atom. The van der Waals surface area contributed by atoms with Crippen LogP contribution in [0.1, 0.15) is 36.0 Å². The van der Waals surface area contributed by atoms with Gasteiger partial charge in [0.25, 0.3) is 0 Å². The van der Waals surface area contributed by atoms with Crippen LogP contribution in [0.5, 0.6) is 17.2 Å². The van der Waals surface area contributed by atoms with Crippen LogP contribution in [0.15, 0.2) is 12.1 Å². The summed E-state index contributed by atoms with van der Waals surface area (Å²) in [6.07, 6.45) is 2.24. The van der Waals surface area contributed by atoms with Gasteiger partial charge in [-0.1, -0.05) is 0 Å². The van der Waals surface area contributed by atoms with Gasteiger partial charge in [0.05, 0.1) is 13.7 Å². The maximum atomic E-state index is 5.55. The number of aromatic nitrogens is 3. The summed E-state index contributed by atoms with van der Waals surface area (Å²) >= 11 is 0. The smallest absolute Gasteiger partial charge is 0.231 e. The first-order valence-electron chi connectivity index (χ1n) is 9.63.